The maximum absolute atomic E-state index is 13.5. The van der Waals surface area contributed by atoms with Crippen molar-refractivity contribution in [1.82, 2.24) is 30.1 Å². The Kier molecular flexibility index (Phi) is 9.68. The van der Waals surface area contributed by atoms with Crippen molar-refractivity contribution < 1.29 is 9.53 Å². The Labute approximate surface area is 282 Å². The second kappa shape index (κ2) is 14.1. The number of ether oxygens (including phenoxy) is 1. The second-order valence-corrected chi connectivity index (χ2v) is 13.9. The summed E-state index contributed by atoms with van der Waals surface area (Å²) in [5.41, 5.74) is 4.86. The zero-order valence-corrected chi connectivity index (χ0v) is 28.6. The van der Waals surface area contributed by atoms with Crippen molar-refractivity contribution in [1.29, 1.82) is 5.41 Å². The molecule has 1 aliphatic carbocycles. The third-order valence-corrected chi connectivity index (χ3v) is 9.05. The van der Waals surface area contributed by atoms with Crippen LogP contribution in [-0.4, -0.2) is 64.5 Å². The maximum Gasteiger partial charge on any atom is 0.320 e. The predicted molar refractivity (Wildman–Crippen MR) is 191 cm³/mol. The number of carbonyl (C=O) groups excluding carboxylic acids is 1. The van der Waals surface area contributed by atoms with Gasteiger partial charge in [-0.3, -0.25) is 9.72 Å². The average Bonchev–Trinajstić information content (AvgIpc) is 3.35. The van der Waals surface area contributed by atoms with E-state index in [1.54, 1.807) is 6.08 Å². The molecule has 0 radical (unpaired) electrons. The minimum atomic E-state index is -0.375. The van der Waals surface area contributed by atoms with Crippen molar-refractivity contribution in [3.05, 3.63) is 95.4 Å². The van der Waals surface area contributed by atoms with Crippen LogP contribution < -0.4 is 25.6 Å². The average molecular weight is 650 g/mol. The van der Waals surface area contributed by atoms with Crippen LogP contribution in [0.1, 0.15) is 68.9 Å². The fourth-order valence-electron chi connectivity index (χ4n) is 6.15. The number of nitrogens with one attached hydrogen (secondary N) is 4. The SMILES string of the molecule is Cc1ccc(N/C(=C\C(=N)C(C)(C)C)NC(=O)N[C@H]2CC[C@@H](Oc3ccc4nnc(N5CCCN(C)CC5)n4c3)c3ccccc32)cc1. The van der Waals surface area contributed by atoms with Crippen molar-refractivity contribution in [3.8, 4) is 5.75 Å². The molecule has 0 saturated carbocycles. The molecule has 2 atom stereocenters. The van der Waals surface area contributed by atoms with Crippen LogP contribution in [-0.2, 0) is 0 Å². The van der Waals surface area contributed by atoms with Crippen LogP contribution in [0.4, 0.5) is 16.4 Å². The fourth-order valence-corrected chi connectivity index (χ4v) is 6.15. The van der Waals surface area contributed by atoms with E-state index in [9.17, 15) is 4.79 Å². The number of aryl methyl sites for hydroxylation is 1. The molecule has 0 unspecified atom stereocenters. The molecule has 3 heterocycles. The fraction of sp³-hybridized carbons (Fsp3) is 0.405. The van der Waals surface area contributed by atoms with Crippen molar-refractivity contribution in [2.24, 2.45) is 5.41 Å². The summed E-state index contributed by atoms with van der Waals surface area (Å²) >= 11 is 0. The molecule has 2 aromatic heterocycles. The first-order valence-electron chi connectivity index (χ1n) is 16.8. The minimum Gasteiger partial charge on any atom is -0.484 e. The quantitative estimate of drug-likeness (QED) is 0.162. The lowest BCUT2D eigenvalue weighted by Gasteiger charge is -2.32. The largest absolute Gasteiger partial charge is 0.484 e. The Bertz CT molecular complexity index is 1790. The van der Waals surface area contributed by atoms with Gasteiger partial charge < -0.3 is 30.6 Å². The molecule has 2 aromatic carbocycles. The number of fused-ring (bicyclic) bond motifs is 2. The molecule has 11 heteroatoms. The molecular weight excluding hydrogens is 602 g/mol. The van der Waals surface area contributed by atoms with Gasteiger partial charge in [0, 0.05) is 42.5 Å². The van der Waals surface area contributed by atoms with Gasteiger partial charge in [0.15, 0.2) is 5.65 Å². The molecule has 11 nitrogen and oxygen atoms in total. The molecule has 252 valence electrons. The molecule has 48 heavy (non-hydrogen) atoms. The second-order valence-electron chi connectivity index (χ2n) is 13.9. The first-order valence-corrected chi connectivity index (χ1v) is 16.8. The number of anilines is 2. The molecule has 6 rings (SSSR count). The summed E-state index contributed by atoms with van der Waals surface area (Å²) in [5, 5.41) is 27.0. The van der Waals surface area contributed by atoms with E-state index in [2.05, 4.69) is 55.1 Å². The van der Waals surface area contributed by atoms with Crippen LogP contribution in [0.3, 0.4) is 0 Å². The highest BCUT2D eigenvalue weighted by molar-refractivity contribution is 5.97. The summed E-state index contributed by atoms with van der Waals surface area (Å²) in [6, 6.07) is 19.4. The first-order chi connectivity index (χ1) is 23.0. The highest BCUT2D eigenvalue weighted by Crippen LogP contribution is 2.39. The monoisotopic (exact) mass is 649 g/mol. The number of hydrogen-bond donors (Lipinski definition) is 4. The number of amides is 2. The molecule has 0 spiro atoms. The van der Waals surface area contributed by atoms with Crippen LogP contribution >= 0.6 is 0 Å². The molecule has 1 fully saturated rings. The number of hydrogen-bond acceptors (Lipinski definition) is 8. The van der Waals surface area contributed by atoms with Gasteiger partial charge in [0.2, 0.25) is 5.95 Å². The Hall–Kier alpha value is -4.90. The Morgan fingerprint density at radius 1 is 0.958 bits per heavy atom. The number of rotatable bonds is 8. The number of pyridine rings is 1. The maximum atomic E-state index is 13.5. The smallest absolute Gasteiger partial charge is 0.320 e. The van der Waals surface area contributed by atoms with Crippen LogP contribution in [0.15, 0.2) is 78.8 Å². The Balaban J connectivity index is 1.16. The summed E-state index contributed by atoms with van der Waals surface area (Å²) in [7, 11) is 2.16. The number of likely N-dealkylation sites (N-methyl/N-ethyl adjacent to an activating group) is 1. The van der Waals surface area contributed by atoms with E-state index in [-0.39, 0.29) is 23.6 Å². The minimum absolute atomic E-state index is 0.169. The van der Waals surface area contributed by atoms with Gasteiger partial charge in [0.05, 0.1) is 12.2 Å². The van der Waals surface area contributed by atoms with Gasteiger partial charge in [-0.05, 0) is 75.2 Å². The van der Waals surface area contributed by atoms with E-state index in [0.29, 0.717) is 18.0 Å². The number of benzene rings is 2. The molecule has 2 aliphatic rings. The first kappa shape index (κ1) is 33.0. The standard InChI is InChI=1S/C37H47N9O2/c1-25-11-13-26(14-12-25)39-33(23-32(38)37(2,3)4)41-35(47)40-30-16-17-31(29-10-7-6-9-28(29)30)48-27-15-18-34-42-43-36(46(34)24-27)45-20-8-19-44(5)21-22-45/h6-7,9-15,18,23-24,30-31,38-39H,8,16-17,19-22H2,1-5H3,(H2,40,41,47)/b33-23+,38-32?/t30-,31+/m0/s1. The summed E-state index contributed by atoms with van der Waals surface area (Å²) in [6.45, 7) is 11.9. The van der Waals surface area contributed by atoms with E-state index in [1.807, 2.05) is 86.8 Å². The summed E-state index contributed by atoms with van der Waals surface area (Å²) in [5.74, 6) is 2.03. The number of aromatic nitrogens is 3. The van der Waals surface area contributed by atoms with Crippen molar-refractivity contribution in [3.63, 3.8) is 0 Å². The lowest BCUT2D eigenvalue weighted by Crippen LogP contribution is -2.41. The number of carbonyl (C=O) groups is 1. The number of allylic oxidation sites excluding steroid dienone is 1. The molecule has 2 amide bonds. The number of urea groups is 1. The van der Waals surface area contributed by atoms with Gasteiger partial charge in [0.25, 0.3) is 0 Å². The summed E-state index contributed by atoms with van der Waals surface area (Å²) in [6.07, 6.45) is 6.02. The van der Waals surface area contributed by atoms with Crippen molar-refractivity contribution in [2.75, 3.05) is 43.4 Å². The molecular formula is C37H47N9O2. The van der Waals surface area contributed by atoms with Gasteiger partial charge in [-0.2, -0.15) is 0 Å². The Morgan fingerprint density at radius 2 is 1.73 bits per heavy atom. The van der Waals surface area contributed by atoms with Crippen molar-refractivity contribution in [2.45, 2.75) is 59.1 Å². The van der Waals surface area contributed by atoms with Gasteiger partial charge >= 0.3 is 6.03 Å². The van der Waals surface area contributed by atoms with Crippen LogP contribution in [0, 0.1) is 17.7 Å². The van der Waals surface area contributed by atoms with Gasteiger partial charge in [0.1, 0.15) is 17.7 Å². The van der Waals surface area contributed by atoms with Gasteiger partial charge in [-0.25, -0.2) is 4.79 Å². The van der Waals surface area contributed by atoms with Crippen LogP contribution in [0.25, 0.3) is 5.65 Å². The zero-order valence-electron chi connectivity index (χ0n) is 28.6. The predicted octanol–water partition coefficient (Wildman–Crippen LogP) is 6.45. The molecule has 0 bridgehead atoms. The van der Waals surface area contributed by atoms with Crippen LogP contribution in [0.5, 0.6) is 5.75 Å². The normalized spacial score (nSPS) is 18.9. The van der Waals surface area contributed by atoms with E-state index < -0.39 is 0 Å². The molecule has 1 saturated heterocycles. The lowest BCUT2D eigenvalue weighted by molar-refractivity contribution is 0.171. The third kappa shape index (κ3) is 7.79. The van der Waals surface area contributed by atoms with Crippen molar-refractivity contribution >= 4 is 29.0 Å². The van der Waals surface area contributed by atoms with E-state index in [4.69, 9.17) is 10.1 Å². The molecule has 4 N–H and O–H groups in total. The Morgan fingerprint density at radius 3 is 2.50 bits per heavy atom. The van der Waals surface area contributed by atoms with E-state index in [0.717, 1.165) is 78.7 Å². The van der Waals surface area contributed by atoms with Gasteiger partial charge in [-0.15, -0.1) is 10.2 Å². The highest BCUT2D eigenvalue weighted by atomic mass is 16.5. The summed E-state index contributed by atoms with van der Waals surface area (Å²) in [4.78, 5) is 18.1. The van der Waals surface area contributed by atoms with Gasteiger partial charge in [-0.1, -0.05) is 62.7 Å². The number of nitrogens with zero attached hydrogens (tertiary/aromatic N) is 5. The topological polar surface area (TPSA) is 123 Å². The highest BCUT2D eigenvalue weighted by Gasteiger charge is 2.30. The lowest BCUT2D eigenvalue weighted by atomic mass is 9.85. The zero-order chi connectivity index (χ0) is 33.8. The molecule has 4 aromatic rings. The van der Waals surface area contributed by atoms with E-state index >= 15 is 0 Å². The van der Waals surface area contributed by atoms with Crippen LogP contribution in [0.2, 0.25) is 0 Å². The summed E-state index contributed by atoms with van der Waals surface area (Å²) < 4.78 is 8.66. The van der Waals surface area contributed by atoms with E-state index in [1.165, 1.54) is 0 Å². The molecule has 1 aliphatic heterocycles. The third-order valence-electron chi connectivity index (χ3n) is 9.05.